The van der Waals surface area contributed by atoms with E-state index in [-0.39, 0.29) is 0 Å². The normalized spacial score (nSPS) is 13.1. The highest BCUT2D eigenvalue weighted by molar-refractivity contribution is 5.31. The molecule has 2 aromatic carbocycles. The quantitative estimate of drug-likeness (QED) is 0.329. The zero-order chi connectivity index (χ0) is 23.3. The van der Waals surface area contributed by atoms with Crippen LogP contribution < -0.4 is 0 Å². The maximum absolute atomic E-state index is 9.66. The van der Waals surface area contributed by atoms with E-state index in [9.17, 15) is 10.2 Å². The number of hydrogen-bond acceptors (Lipinski definition) is 2. The summed E-state index contributed by atoms with van der Waals surface area (Å²) in [5.74, 6) is 0.980. The van der Waals surface area contributed by atoms with E-state index in [0.29, 0.717) is 17.4 Å². The minimum Gasteiger partial charge on any atom is -0.508 e. The average molecular weight is 433 g/mol. The second-order valence-electron chi connectivity index (χ2n) is 9.20. The van der Waals surface area contributed by atoms with Crippen molar-refractivity contribution in [2.75, 3.05) is 0 Å². The molecule has 1 atom stereocenters. The van der Waals surface area contributed by atoms with E-state index in [1.807, 2.05) is 24.3 Å². The average Bonchev–Trinajstić information content (AvgIpc) is 2.75. The minimum absolute atomic E-state index is 0.301. The van der Waals surface area contributed by atoms with Crippen LogP contribution in [0.2, 0.25) is 0 Å². The summed E-state index contributed by atoms with van der Waals surface area (Å²) in [5.41, 5.74) is 6.80. The molecular formula is C30H40O2. The van der Waals surface area contributed by atoms with Crippen molar-refractivity contribution in [1.29, 1.82) is 0 Å². The molecular weight excluding hydrogens is 392 g/mol. The third kappa shape index (κ3) is 10.0. The van der Waals surface area contributed by atoms with Crippen molar-refractivity contribution in [3.8, 4) is 11.5 Å². The Morgan fingerprint density at radius 1 is 0.688 bits per heavy atom. The molecule has 1 unspecified atom stereocenters. The fraction of sp³-hybridized carbons (Fsp3) is 0.400. The lowest BCUT2D eigenvalue weighted by atomic mass is 9.88. The molecule has 172 valence electrons. The molecule has 0 aliphatic carbocycles. The fourth-order valence-corrected chi connectivity index (χ4v) is 3.92. The second kappa shape index (κ2) is 13.6. The van der Waals surface area contributed by atoms with Crippen LogP contribution in [0, 0.1) is 0 Å². The Morgan fingerprint density at radius 2 is 1.19 bits per heavy atom. The lowest BCUT2D eigenvalue weighted by molar-refractivity contribution is 0.473. The van der Waals surface area contributed by atoms with Crippen molar-refractivity contribution >= 4 is 0 Å². The third-order valence-electron chi connectivity index (χ3n) is 5.91. The number of aromatic hydroxyl groups is 2. The molecule has 32 heavy (non-hydrogen) atoms. The molecule has 2 nitrogen and oxygen atoms in total. The Balaban J connectivity index is 1.90. The molecule has 0 spiro atoms. The van der Waals surface area contributed by atoms with E-state index in [4.69, 9.17) is 0 Å². The van der Waals surface area contributed by atoms with Crippen molar-refractivity contribution in [2.24, 2.45) is 0 Å². The molecule has 0 amide bonds. The number of benzene rings is 2. The molecule has 0 aliphatic rings. The van der Waals surface area contributed by atoms with Crippen LogP contribution in [0.15, 0.2) is 83.5 Å². The Kier molecular flexibility index (Phi) is 10.9. The van der Waals surface area contributed by atoms with Crippen LogP contribution in [0.4, 0.5) is 0 Å². The van der Waals surface area contributed by atoms with E-state index in [1.165, 1.54) is 27.8 Å². The molecule has 2 N–H and O–H groups in total. The Labute approximate surface area is 195 Å². The smallest absolute Gasteiger partial charge is 0.115 e. The van der Waals surface area contributed by atoms with Gasteiger partial charge in [0.15, 0.2) is 0 Å². The van der Waals surface area contributed by atoms with Crippen LogP contribution >= 0.6 is 0 Å². The molecule has 0 fully saturated rings. The van der Waals surface area contributed by atoms with Gasteiger partial charge in [-0.05, 0) is 114 Å². The highest BCUT2D eigenvalue weighted by Gasteiger charge is 2.12. The van der Waals surface area contributed by atoms with Crippen LogP contribution in [-0.2, 0) is 6.42 Å². The molecule has 0 radical (unpaired) electrons. The van der Waals surface area contributed by atoms with Gasteiger partial charge in [0, 0.05) is 0 Å². The largest absolute Gasteiger partial charge is 0.508 e. The maximum atomic E-state index is 9.66. The topological polar surface area (TPSA) is 40.5 Å². The van der Waals surface area contributed by atoms with E-state index < -0.39 is 0 Å². The first-order valence-electron chi connectivity index (χ1n) is 11.8. The van der Waals surface area contributed by atoms with Gasteiger partial charge in [-0.2, -0.15) is 0 Å². The van der Waals surface area contributed by atoms with Crippen molar-refractivity contribution < 1.29 is 10.2 Å². The standard InChI is InChI=1S/C30H40O2/c1-23(2)8-5-9-24(3)10-6-11-25(4)12-7-13-28(27-16-20-30(32)21-17-27)22-26-14-18-29(31)19-15-26/h8,10,12,14-21,28,31-32H,5-7,9,11,13,22H2,1-4H3/b24-10+,25-12+. The molecule has 2 rings (SSSR count). The predicted molar refractivity (Wildman–Crippen MR) is 137 cm³/mol. The van der Waals surface area contributed by atoms with Gasteiger partial charge in [0.05, 0.1) is 0 Å². The van der Waals surface area contributed by atoms with Gasteiger partial charge in [0.2, 0.25) is 0 Å². The summed E-state index contributed by atoms with van der Waals surface area (Å²) in [7, 11) is 0. The van der Waals surface area contributed by atoms with Gasteiger partial charge in [-0.25, -0.2) is 0 Å². The maximum Gasteiger partial charge on any atom is 0.115 e. The first kappa shape index (κ1) is 25.5. The highest BCUT2D eigenvalue weighted by Crippen LogP contribution is 2.28. The first-order chi connectivity index (χ1) is 15.3. The monoisotopic (exact) mass is 432 g/mol. The predicted octanol–water partition coefficient (Wildman–Crippen LogP) is 8.62. The van der Waals surface area contributed by atoms with Crippen molar-refractivity contribution in [1.82, 2.24) is 0 Å². The van der Waals surface area contributed by atoms with E-state index in [1.54, 1.807) is 24.3 Å². The van der Waals surface area contributed by atoms with Gasteiger partial charge < -0.3 is 10.2 Å². The summed E-state index contributed by atoms with van der Waals surface area (Å²) >= 11 is 0. The third-order valence-corrected chi connectivity index (χ3v) is 5.91. The highest BCUT2D eigenvalue weighted by atomic mass is 16.3. The zero-order valence-corrected chi connectivity index (χ0v) is 20.3. The van der Waals surface area contributed by atoms with Gasteiger partial charge in [-0.3, -0.25) is 0 Å². The van der Waals surface area contributed by atoms with Gasteiger partial charge in [-0.15, -0.1) is 0 Å². The summed E-state index contributed by atoms with van der Waals surface area (Å²) in [6.07, 6.45) is 14.6. The molecule has 2 heteroatoms. The lowest BCUT2D eigenvalue weighted by Gasteiger charge is -2.17. The summed E-state index contributed by atoms with van der Waals surface area (Å²) in [4.78, 5) is 0. The molecule has 0 heterocycles. The number of rotatable bonds is 12. The summed E-state index contributed by atoms with van der Waals surface area (Å²) < 4.78 is 0. The number of hydrogen-bond donors (Lipinski definition) is 2. The van der Waals surface area contributed by atoms with E-state index in [0.717, 1.165) is 44.9 Å². The van der Waals surface area contributed by atoms with Gasteiger partial charge in [-0.1, -0.05) is 59.2 Å². The van der Waals surface area contributed by atoms with E-state index in [2.05, 4.69) is 45.9 Å². The van der Waals surface area contributed by atoms with Gasteiger partial charge >= 0.3 is 0 Å². The summed E-state index contributed by atoms with van der Waals surface area (Å²) in [6.45, 7) is 8.79. The summed E-state index contributed by atoms with van der Waals surface area (Å²) in [5, 5.41) is 19.2. The Morgan fingerprint density at radius 3 is 1.75 bits per heavy atom. The minimum atomic E-state index is 0.301. The molecule has 2 aromatic rings. The van der Waals surface area contributed by atoms with Gasteiger partial charge in [0.1, 0.15) is 11.5 Å². The van der Waals surface area contributed by atoms with Crippen LogP contribution in [0.1, 0.15) is 83.3 Å². The van der Waals surface area contributed by atoms with Crippen LogP contribution in [0.25, 0.3) is 0 Å². The first-order valence-corrected chi connectivity index (χ1v) is 11.8. The van der Waals surface area contributed by atoms with Crippen LogP contribution in [0.5, 0.6) is 11.5 Å². The Hall–Kier alpha value is -2.74. The second-order valence-corrected chi connectivity index (χ2v) is 9.20. The number of phenols is 2. The number of phenolic OH excluding ortho intramolecular Hbond substituents is 2. The lowest BCUT2D eigenvalue weighted by Crippen LogP contribution is -2.03. The molecule has 0 bridgehead atoms. The SMILES string of the molecule is CC(C)=CCC/C(C)=C/CC/C(C)=C/CCC(Cc1ccc(O)cc1)c1ccc(O)cc1. The van der Waals surface area contributed by atoms with Crippen molar-refractivity contribution in [2.45, 2.75) is 78.6 Å². The van der Waals surface area contributed by atoms with Crippen molar-refractivity contribution in [3.63, 3.8) is 0 Å². The molecule has 0 aromatic heterocycles. The Bertz CT molecular complexity index is 895. The molecule has 0 saturated heterocycles. The van der Waals surface area contributed by atoms with Crippen LogP contribution in [-0.4, -0.2) is 10.2 Å². The van der Waals surface area contributed by atoms with Crippen LogP contribution in [0.3, 0.4) is 0 Å². The van der Waals surface area contributed by atoms with Gasteiger partial charge in [0.25, 0.3) is 0 Å². The summed E-state index contributed by atoms with van der Waals surface area (Å²) in [6, 6.07) is 15.1. The zero-order valence-electron chi connectivity index (χ0n) is 20.3. The fourth-order valence-electron chi connectivity index (χ4n) is 3.92. The molecule has 0 aliphatic heterocycles. The van der Waals surface area contributed by atoms with Crippen molar-refractivity contribution in [3.05, 3.63) is 94.6 Å². The van der Waals surface area contributed by atoms with E-state index >= 15 is 0 Å². The molecule has 0 saturated carbocycles. The number of allylic oxidation sites excluding steroid dienone is 6.